The minimum atomic E-state index is -0.341. The van der Waals surface area contributed by atoms with Gasteiger partial charge in [0, 0.05) is 34.0 Å². The van der Waals surface area contributed by atoms with E-state index in [4.69, 9.17) is 9.47 Å². The molecule has 150 valence electrons. The highest BCUT2D eigenvalue weighted by Crippen LogP contribution is 2.66. The standard InChI is InChI=1S/C23H28BrNO3/c1-11-12(2)20(26)22-23-6-7-25(10-13-4-5-13)16(18(11)23)8-14-15(24)9-17(27-3)21(28-22)19(14)23/h9,11-13,16,18,22H,4-8,10H2,1-3H3/t11-,12-,16+,18-,22?,23-/m0/s1. The fourth-order valence-electron chi connectivity index (χ4n) is 7.06. The predicted octanol–water partition coefficient (Wildman–Crippen LogP) is 3.97. The van der Waals surface area contributed by atoms with Crippen LogP contribution in [0.15, 0.2) is 10.5 Å². The van der Waals surface area contributed by atoms with E-state index in [0.717, 1.165) is 41.3 Å². The molecule has 0 aromatic heterocycles. The van der Waals surface area contributed by atoms with Gasteiger partial charge in [-0.05, 0) is 61.6 Å². The third kappa shape index (κ3) is 2.03. The lowest BCUT2D eigenvalue weighted by Crippen LogP contribution is -2.70. The monoisotopic (exact) mass is 445 g/mol. The van der Waals surface area contributed by atoms with Crippen LogP contribution in [0.5, 0.6) is 11.5 Å². The van der Waals surface area contributed by atoms with Gasteiger partial charge < -0.3 is 9.47 Å². The van der Waals surface area contributed by atoms with Gasteiger partial charge >= 0.3 is 0 Å². The first kappa shape index (κ1) is 17.8. The number of hydrogen-bond donors (Lipinski definition) is 0. The van der Waals surface area contributed by atoms with Crippen molar-refractivity contribution in [2.45, 2.75) is 57.1 Å². The molecule has 28 heavy (non-hydrogen) atoms. The zero-order valence-corrected chi connectivity index (χ0v) is 18.4. The molecule has 1 spiro atoms. The Balaban J connectivity index is 1.59. The Morgan fingerprint density at radius 2 is 2.14 bits per heavy atom. The van der Waals surface area contributed by atoms with Crippen molar-refractivity contribution in [3.63, 3.8) is 0 Å². The third-order valence-electron chi connectivity index (χ3n) is 8.64. The van der Waals surface area contributed by atoms with Crippen molar-refractivity contribution in [3.05, 3.63) is 21.7 Å². The van der Waals surface area contributed by atoms with Crippen molar-refractivity contribution in [1.29, 1.82) is 0 Å². The Bertz CT molecular complexity index is 881. The van der Waals surface area contributed by atoms with Gasteiger partial charge in [0.15, 0.2) is 23.4 Å². The Morgan fingerprint density at radius 1 is 1.36 bits per heavy atom. The molecule has 5 heteroatoms. The number of carbonyl (C=O) groups is 1. The molecule has 3 fully saturated rings. The lowest BCUT2D eigenvalue weighted by atomic mass is 9.47. The minimum absolute atomic E-state index is 0.0526. The molecule has 2 bridgehead atoms. The second-order valence-corrected chi connectivity index (χ2v) is 10.7. The summed E-state index contributed by atoms with van der Waals surface area (Å²) < 4.78 is 13.3. The molecular formula is C23H28BrNO3. The van der Waals surface area contributed by atoms with Gasteiger partial charge in [-0.2, -0.15) is 0 Å². The normalized spacial score (nSPS) is 40.9. The van der Waals surface area contributed by atoms with Gasteiger partial charge in [-0.25, -0.2) is 0 Å². The summed E-state index contributed by atoms with van der Waals surface area (Å²) in [4.78, 5) is 16.2. The number of benzene rings is 1. The molecule has 2 aliphatic heterocycles. The average molecular weight is 446 g/mol. The number of piperidine rings is 1. The van der Waals surface area contributed by atoms with Gasteiger partial charge in [0.25, 0.3) is 0 Å². The lowest BCUT2D eigenvalue weighted by Gasteiger charge is -2.61. The van der Waals surface area contributed by atoms with E-state index in [1.807, 2.05) is 6.07 Å². The van der Waals surface area contributed by atoms with Crippen LogP contribution in [-0.2, 0) is 16.6 Å². The number of methoxy groups -OCH3 is 1. The van der Waals surface area contributed by atoms with E-state index in [-0.39, 0.29) is 17.4 Å². The molecule has 2 saturated carbocycles. The van der Waals surface area contributed by atoms with Gasteiger partial charge in [-0.1, -0.05) is 29.8 Å². The summed E-state index contributed by atoms with van der Waals surface area (Å²) in [6.45, 7) is 6.75. The number of nitrogens with zero attached hydrogens (tertiary/aromatic N) is 1. The SMILES string of the molecule is COc1cc(Br)c2c3c1OC1C(=O)[C@@H](C)[C@H](C)[C@H]4[C@@H](C2)N(CC2CC2)CC[C@]314. The maximum Gasteiger partial charge on any atom is 0.177 e. The van der Waals surface area contributed by atoms with E-state index in [9.17, 15) is 4.79 Å². The molecule has 1 unspecified atom stereocenters. The molecule has 0 radical (unpaired) electrons. The molecule has 5 aliphatic rings. The highest BCUT2D eigenvalue weighted by atomic mass is 79.9. The van der Waals surface area contributed by atoms with Crippen molar-refractivity contribution in [2.75, 3.05) is 20.2 Å². The van der Waals surface area contributed by atoms with Crippen LogP contribution in [0.25, 0.3) is 0 Å². The quantitative estimate of drug-likeness (QED) is 0.705. The van der Waals surface area contributed by atoms with Crippen molar-refractivity contribution < 1.29 is 14.3 Å². The molecule has 6 atom stereocenters. The fraction of sp³-hybridized carbons (Fsp3) is 0.696. The van der Waals surface area contributed by atoms with Gasteiger partial charge in [0.05, 0.1) is 7.11 Å². The Labute approximate surface area is 175 Å². The first-order valence-electron chi connectivity index (χ1n) is 10.8. The third-order valence-corrected chi connectivity index (χ3v) is 9.35. The predicted molar refractivity (Wildman–Crippen MR) is 110 cm³/mol. The molecule has 2 heterocycles. The van der Waals surface area contributed by atoms with Gasteiger partial charge in [0.2, 0.25) is 0 Å². The summed E-state index contributed by atoms with van der Waals surface area (Å²) in [5.41, 5.74) is 2.48. The van der Waals surface area contributed by atoms with Crippen molar-refractivity contribution in [2.24, 2.45) is 23.7 Å². The first-order chi connectivity index (χ1) is 13.5. The second-order valence-electron chi connectivity index (χ2n) is 9.82. The van der Waals surface area contributed by atoms with Crippen LogP contribution in [0, 0.1) is 23.7 Å². The summed E-state index contributed by atoms with van der Waals surface area (Å²) >= 11 is 3.83. The Kier molecular flexibility index (Phi) is 3.65. The lowest BCUT2D eigenvalue weighted by molar-refractivity contribution is -0.151. The van der Waals surface area contributed by atoms with Crippen LogP contribution in [-0.4, -0.2) is 43.0 Å². The fourth-order valence-corrected chi connectivity index (χ4v) is 7.62. The molecule has 3 aliphatic carbocycles. The van der Waals surface area contributed by atoms with Crippen molar-refractivity contribution >= 4 is 21.7 Å². The maximum atomic E-state index is 13.4. The molecule has 1 saturated heterocycles. The van der Waals surface area contributed by atoms with Crippen molar-refractivity contribution in [1.82, 2.24) is 4.90 Å². The van der Waals surface area contributed by atoms with E-state index in [1.54, 1.807) is 7.11 Å². The highest BCUT2D eigenvalue weighted by molar-refractivity contribution is 9.10. The number of likely N-dealkylation sites (tertiary alicyclic amines) is 1. The van der Waals surface area contributed by atoms with Crippen LogP contribution < -0.4 is 9.47 Å². The maximum absolute atomic E-state index is 13.4. The van der Waals surface area contributed by atoms with E-state index in [2.05, 4.69) is 34.7 Å². The van der Waals surface area contributed by atoms with Crippen LogP contribution in [0.3, 0.4) is 0 Å². The first-order valence-corrected chi connectivity index (χ1v) is 11.6. The van der Waals surface area contributed by atoms with Crippen LogP contribution in [0.1, 0.15) is 44.2 Å². The van der Waals surface area contributed by atoms with Crippen LogP contribution in [0.2, 0.25) is 0 Å². The zero-order chi connectivity index (χ0) is 19.4. The smallest absolute Gasteiger partial charge is 0.177 e. The molecule has 1 aromatic rings. The summed E-state index contributed by atoms with van der Waals surface area (Å²) in [7, 11) is 1.70. The Morgan fingerprint density at radius 3 is 2.86 bits per heavy atom. The molecule has 0 amide bonds. The summed E-state index contributed by atoms with van der Waals surface area (Å²) in [5, 5.41) is 0. The highest BCUT2D eigenvalue weighted by Gasteiger charge is 2.69. The van der Waals surface area contributed by atoms with E-state index in [0.29, 0.717) is 23.7 Å². The average Bonchev–Trinajstić information content (AvgIpc) is 3.44. The second kappa shape index (κ2) is 5.75. The molecule has 1 aromatic carbocycles. The minimum Gasteiger partial charge on any atom is -0.493 e. The number of ether oxygens (including phenoxy) is 2. The summed E-state index contributed by atoms with van der Waals surface area (Å²) in [6.07, 6.45) is 4.50. The molecule has 4 nitrogen and oxygen atoms in total. The van der Waals surface area contributed by atoms with Gasteiger partial charge in [-0.15, -0.1) is 0 Å². The number of rotatable bonds is 3. The molecule has 0 N–H and O–H groups in total. The molecular weight excluding hydrogens is 418 g/mol. The van der Waals surface area contributed by atoms with E-state index in [1.165, 1.54) is 30.5 Å². The van der Waals surface area contributed by atoms with Crippen LogP contribution in [0.4, 0.5) is 0 Å². The number of ketones is 1. The van der Waals surface area contributed by atoms with E-state index < -0.39 is 0 Å². The number of Topliss-reactive ketones (excluding diaryl/α,β-unsaturated/α-hetero) is 1. The number of hydrogen-bond acceptors (Lipinski definition) is 4. The number of halogens is 1. The van der Waals surface area contributed by atoms with Gasteiger partial charge in [-0.3, -0.25) is 9.69 Å². The van der Waals surface area contributed by atoms with Gasteiger partial charge in [0.1, 0.15) is 0 Å². The Hall–Kier alpha value is -1.07. The summed E-state index contributed by atoms with van der Waals surface area (Å²) in [5.74, 6) is 3.70. The zero-order valence-electron chi connectivity index (χ0n) is 16.8. The summed E-state index contributed by atoms with van der Waals surface area (Å²) in [6, 6.07) is 2.55. The number of carbonyl (C=O) groups excluding carboxylic acids is 1. The largest absolute Gasteiger partial charge is 0.493 e. The molecule has 6 rings (SSSR count). The van der Waals surface area contributed by atoms with E-state index >= 15 is 0 Å². The topological polar surface area (TPSA) is 38.8 Å². The van der Waals surface area contributed by atoms with Crippen LogP contribution >= 0.6 is 15.9 Å². The van der Waals surface area contributed by atoms with Crippen molar-refractivity contribution in [3.8, 4) is 11.5 Å².